The van der Waals surface area contributed by atoms with Crippen LogP contribution >= 0.6 is 0 Å². The molecule has 0 aliphatic carbocycles. The monoisotopic (exact) mass is 220 g/mol. The predicted octanol–water partition coefficient (Wildman–Crippen LogP) is -3.94. The van der Waals surface area contributed by atoms with Crippen LogP contribution in [-0.4, -0.2) is 48.3 Å². The maximum absolute atomic E-state index is 10.7. The minimum absolute atomic E-state index is 0.617. The highest BCUT2D eigenvalue weighted by atomic mass is 27.2. The van der Waals surface area contributed by atoms with Crippen molar-refractivity contribution in [2.75, 3.05) is 0 Å². The Balaban J connectivity index is 0.000000500. The quantitative estimate of drug-likeness (QED) is 0.196. The summed E-state index contributed by atoms with van der Waals surface area (Å²) in [6, 6.07) is -1.51. The maximum Gasteiger partial charge on any atom is 0.644 e. The number of hydrogen-bond donors (Lipinski definition) is 6. The van der Waals surface area contributed by atoms with Crippen LogP contribution in [0.15, 0.2) is 0 Å². The van der Waals surface area contributed by atoms with E-state index in [2.05, 4.69) is 5.32 Å². The van der Waals surface area contributed by atoms with Crippen molar-refractivity contribution in [2.24, 2.45) is 5.73 Å². The summed E-state index contributed by atoms with van der Waals surface area (Å²) in [5.74, 6) is -0.617. The zero-order chi connectivity index (χ0) is 11.1. The smallest absolute Gasteiger partial charge is 0.496 e. The largest absolute Gasteiger partial charge is 0.644 e. The van der Waals surface area contributed by atoms with Crippen LogP contribution in [0.4, 0.5) is 9.59 Å². The molecular weight excluding hydrogens is 211 g/mol. The van der Waals surface area contributed by atoms with Crippen molar-refractivity contribution in [2.45, 2.75) is 6.17 Å². The third kappa shape index (κ3) is 4.63. The molecule has 1 aliphatic rings. The molecule has 1 fully saturated rings. The molecule has 0 aromatic carbocycles. The van der Waals surface area contributed by atoms with Gasteiger partial charge in [0.05, 0.1) is 0 Å². The number of amides is 5. The number of nitrogens with one attached hydrogen (secondary N) is 3. The average Bonchev–Trinajstić information content (AvgIpc) is 2.30. The molecule has 1 aliphatic heterocycles. The van der Waals surface area contributed by atoms with Crippen molar-refractivity contribution in [3.05, 3.63) is 0 Å². The number of carbonyl (C=O) groups is 3. The second kappa shape index (κ2) is 6.17. The molecule has 0 saturated carbocycles. The topological polar surface area (TPSA) is 154 Å². The lowest BCUT2D eigenvalue weighted by Crippen LogP contribution is -2.48. The normalized spacial score (nSPS) is 18.6. The van der Waals surface area contributed by atoms with E-state index in [-0.39, 0.29) is 0 Å². The summed E-state index contributed by atoms with van der Waals surface area (Å²) >= 11 is -1.58. The summed E-state index contributed by atoms with van der Waals surface area (Å²) in [5, 5.41) is 6.05. The third-order valence-electron chi connectivity index (χ3n) is 1.06. The Morgan fingerprint density at radius 2 is 2.00 bits per heavy atom. The summed E-state index contributed by atoms with van der Waals surface area (Å²) in [5.41, 5.74) is 4.70. The van der Waals surface area contributed by atoms with Gasteiger partial charge in [-0.15, -0.1) is 0 Å². The van der Waals surface area contributed by atoms with E-state index in [1.807, 2.05) is 10.6 Å². The first-order valence-electron chi connectivity index (χ1n) is 3.40. The van der Waals surface area contributed by atoms with Crippen LogP contribution in [0.1, 0.15) is 0 Å². The van der Waals surface area contributed by atoms with E-state index in [1.54, 1.807) is 0 Å². The molecule has 9 nitrogen and oxygen atoms in total. The molecule has 78 valence electrons. The second-order valence-corrected chi connectivity index (χ2v) is 2.33. The maximum atomic E-state index is 10.7. The fourth-order valence-corrected chi connectivity index (χ4v) is 0.661. The molecule has 1 unspecified atom stereocenters. The molecule has 1 saturated heterocycles. The summed E-state index contributed by atoms with van der Waals surface area (Å²) < 4.78 is 14.5. The first-order chi connectivity index (χ1) is 6.51. The lowest BCUT2D eigenvalue weighted by molar-refractivity contribution is -0.120. The highest BCUT2D eigenvalue weighted by Gasteiger charge is 2.29. The van der Waals surface area contributed by atoms with Gasteiger partial charge in [-0.3, -0.25) is 10.1 Å². The van der Waals surface area contributed by atoms with Crippen molar-refractivity contribution >= 4 is 33.9 Å². The van der Waals surface area contributed by atoms with E-state index in [0.717, 1.165) is 0 Å². The van der Waals surface area contributed by atoms with E-state index >= 15 is 0 Å². The zero-order valence-electron chi connectivity index (χ0n) is 6.98. The van der Waals surface area contributed by atoms with Gasteiger partial charge in [0.15, 0.2) is 6.17 Å². The van der Waals surface area contributed by atoms with Crippen LogP contribution < -0.4 is 21.7 Å². The first kappa shape index (κ1) is 12.7. The predicted molar refractivity (Wildman–Crippen MR) is 44.8 cm³/mol. The van der Waals surface area contributed by atoms with E-state index in [9.17, 15) is 14.4 Å². The molecule has 1 atom stereocenters. The Kier molecular flexibility index (Phi) is 5.58. The van der Waals surface area contributed by atoms with E-state index in [4.69, 9.17) is 14.1 Å². The second-order valence-electron chi connectivity index (χ2n) is 2.05. The van der Waals surface area contributed by atoms with Crippen molar-refractivity contribution < 1.29 is 22.7 Å². The molecule has 0 aromatic rings. The molecule has 0 spiro atoms. The molecule has 5 amide bonds. The number of hydrogen-bond acceptors (Lipinski definition) is 5. The van der Waals surface area contributed by atoms with Gasteiger partial charge in [0.25, 0.3) is 5.91 Å². The number of nitrogens with two attached hydrogens (primary N) is 1. The van der Waals surface area contributed by atoms with Gasteiger partial charge < -0.3 is 24.7 Å². The van der Waals surface area contributed by atoms with Gasteiger partial charge in [-0.05, 0) is 0 Å². The number of urea groups is 2. The fourth-order valence-electron chi connectivity index (χ4n) is 0.661. The van der Waals surface area contributed by atoms with Crippen LogP contribution in [0.5, 0.6) is 0 Å². The van der Waals surface area contributed by atoms with Crippen molar-refractivity contribution in [3.8, 4) is 0 Å². The Morgan fingerprint density at radius 3 is 2.29 bits per heavy atom. The van der Waals surface area contributed by atoms with Crippen LogP contribution in [0, 0.1) is 0 Å². The Hall–Kier alpha value is -1.34. The van der Waals surface area contributed by atoms with Gasteiger partial charge >= 0.3 is 27.9 Å². The summed E-state index contributed by atoms with van der Waals surface area (Å²) in [6.07, 6.45) is -1.04. The Bertz CT molecular complexity index is 246. The SMILES string of the molecule is NC(=O)NC1NC(=O)NC1=O.[OH][AlH][OH]. The average molecular weight is 220 g/mol. The van der Waals surface area contributed by atoms with Gasteiger partial charge in [0.2, 0.25) is 0 Å². The van der Waals surface area contributed by atoms with Crippen molar-refractivity contribution in [3.63, 3.8) is 0 Å². The number of rotatable bonds is 1. The molecule has 1 rings (SSSR count). The first-order valence-corrected chi connectivity index (χ1v) is 4.66. The van der Waals surface area contributed by atoms with Gasteiger partial charge in [-0.1, -0.05) is 0 Å². The lowest BCUT2D eigenvalue weighted by Gasteiger charge is -2.05. The van der Waals surface area contributed by atoms with Crippen LogP contribution in [0.2, 0.25) is 0 Å². The summed E-state index contributed by atoms with van der Waals surface area (Å²) in [7, 11) is 0. The number of carbonyl (C=O) groups excluding carboxylic acids is 3. The van der Waals surface area contributed by atoms with Crippen molar-refractivity contribution in [1.82, 2.24) is 16.0 Å². The Morgan fingerprint density at radius 1 is 1.50 bits per heavy atom. The molecule has 10 heteroatoms. The van der Waals surface area contributed by atoms with Gasteiger partial charge in [0, 0.05) is 0 Å². The lowest BCUT2D eigenvalue weighted by atomic mass is 10.5. The summed E-state index contributed by atoms with van der Waals surface area (Å²) in [6.45, 7) is 0. The molecule has 0 radical (unpaired) electrons. The zero-order valence-corrected chi connectivity index (χ0v) is 8.40. The minimum Gasteiger partial charge on any atom is -0.496 e. The third-order valence-corrected chi connectivity index (χ3v) is 1.06. The molecule has 7 N–H and O–H groups in total. The van der Waals surface area contributed by atoms with Gasteiger partial charge in [-0.2, -0.15) is 0 Å². The van der Waals surface area contributed by atoms with Crippen LogP contribution in [-0.2, 0) is 4.79 Å². The van der Waals surface area contributed by atoms with E-state index < -0.39 is 40.0 Å². The highest BCUT2D eigenvalue weighted by Crippen LogP contribution is 1.86. The highest BCUT2D eigenvalue weighted by molar-refractivity contribution is 6.13. The van der Waals surface area contributed by atoms with Crippen LogP contribution in [0.3, 0.4) is 0 Å². The molecule has 14 heavy (non-hydrogen) atoms. The molecule has 1 heterocycles. The Labute approximate surface area is 85.0 Å². The van der Waals surface area contributed by atoms with E-state index in [0.29, 0.717) is 0 Å². The van der Waals surface area contributed by atoms with Gasteiger partial charge in [0.1, 0.15) is 0 Å². The molecule has 0 bridgehead atoms. The van der Waals surface area contributed by atoms with Crippen LogP contribution in [0.25, 0.3) is 0 Å². The van der Waals surface area contributed by atoms with E-state index in [1.165, 1.54) is 0 Å². The molecular formula is C4H9AlN4O5. The standard InChI is InChI=1S/C4H6N4O3.Al.2H2O.H/c5-3(10)6-1-2(9)8-4(11)7-1;;;;/h1H,(H3,5,6,10)(H2,7,8,9,11);;2*1H2;/q;+2;;;/p-2. The minimum atomic E-state index is -1.58. The fraction of sp³-hybridized carbons (Fsp3) is 0.250. The van der Waals surface area contributed by atoms with Crippen molar-refractivity contribution in [1.29, 1.82) is 0 Å². The van der Waals surface area contributed by atoms with Gasteiger partial charge in [-0.25, -0.2) is 9.59 Å². The number of imide groups is 1. The summed E-state index contributed by atoms with van der Waals surface area (Å²) in [4.78, 5) is 31.3. The number of primary amides is 1. The molecule has 0 aromatic heterocycles.